The van der Waals surface area contributed by atoms with Crippen molar-refractivity contribution in [3.8, 4) is 0 Å². The molecule has 0 aromatic carbocycles. The molecule has 3 heteroatoms. The van der Waals surface area contributed by atoms with Crippen molar-refractivity contribution in [2.75, 3.05) is 27.3 Å². The molecule has 0 amide bonds. The minimum absolute atomic E-state index is 0.367. The SMILES string of the molecule is COCCCCN(C)C1CCCCC1Cl. The summed E-state index contributed by atoms with van der Waals surface area (Å²) in [7, 11) is 3.97. The maximum absolute atomic E-state index is 6.35. The van der Waals surface area contributed by atoms with E-state index in [-0.39, 0.29) is 0 Å². The van der Waals surface area contributed by atoms with Crippen LogP contribution in [0.1, 0.15) is 38.5 Å². The molecule has 1 fully saturated rings. The third kappa shape index (κ3) is 4.71. The second-order valence-electron chi connectivity index (χ2n) is 4.55. The van der Waals surface area contributed by atoms with Gasteiger partial charge in [0, 0.05) is 25.1 Å². The largest absolute Gasteiger partial charge is 0.385 e. The van der Waals surface area contributed by atoms with Crippen molar-refractivity contribution < 1.29 is 4.74 Å². The highest BCUT2D eigenvalue weighted by molar-refractivity contribution is 6.21. The summed E-state index contributed by atoms with van der Waals surface area (Å²) in [5, 5.41) is 0.367. The number of hydrogen-bond donors (Lipinski definition) is 0. The summed E-state index contributed by atoms with van der Waals surface area (Å²) in [4.78, 5) is 2.44. The zero-order chi connectivity index (χ0) is 11.1. The Morgan fingerprint density at radius 2 is 2.00 bits per heavy atom. The number of unbranched alkanes of at least 4 members (excludes halogenated alkanes) is 1. The molecule has 2 nitrogen and oxygen atoms in total. The summed E-state index contributed by atoms with van der Waals surface area (Å²) in [6.45, 7) is 2.03. The molecule has 1 aliphatic rings. The van der Waals surface area contributed by atoms with E-state index in [1.54, 1.807) is 7.11 Å². The maximum Gasteiger partial charge on any atom is 0.0491 e. The van der Waals surface area contributed by atoms with E-state index in [4.69, 9.17) is 16.3 Å². The molecule has 0 radical (unpaired) electrons. The van der Waals surface area contributed by atoms with E-state index in [2.05, 4.69) is 11.9 Å². The molecule has 0 bridgehead atoms. The molecule has 0 aromatic rings. The highest BCUT2D eigenvalue weighted by Crippen LogP contribution is 2.26. The molecule has 1 rings (SSSR count). The predicted molar refractivity (Wildman–Crippen MR) is 65.6 cm³/mol. The second kappa shape index (κ2) is 7.48. The fourth-order valence-electron chi connectivity index (χ4n) is 2.34. The summed E-state index contributed by atoms with van der Waals surface area (Å²) in [6, 6.07) is 0.600. The number of methoxy groups -OCH3 is 1. The monoisotopic (exact) mass is 233 g/mol. The topological polar surface area (TPSA) is 12.5 Å². The van der Waals surface area contributed by atoms with Crippen LogP contribution < -0.4 is 0 Å². The number of alkyl halides is 1. The molecule has 0 aliphatic heterocycles. The van der Waals surface area contributed by atoms with E-state index in [9.17, 15) is 0 Å². The molecule has 1 saturated carbocycles. The first-order chi connectivity index (χ1) is 7.25. The van der Waals surface area contributed by atoms with E-state index in [0.29, 0.717) is 11.4 Å². The lowest BCUT2D eigenvalue weighted by Crippen LogP contribution is -2.41. The van der Waals surface area contributed by atoms with Crippen LogP contribution in [0.5, 0.6) is 0 Å². The Balaban J connectivity index is 2.16. The zero-order valence-electron chi connectivity index (χ0n) is 10.0. The number of halogens is 1. The first-order valence-electron chi connectivity index (χ1n) is 6.09. The summed E-state index contributed by atoms with van der Waals surface area (Å²) < 4.78 is 5.05. The van der Waals surface area contributed by atoms with Crippen LogP contribution in [0.25, 0.3) is 0 Å². The summed E-state index contributed by atoms with van der Waals surface area (Å²) in [5.74, 6) is 0. The van der Waals surface area contributed by atoms with Crippen LogP contribution in [0, 0.1) is 0 Å². The lowest BCUT2D eigenvalue weighted by molar-refractivity contribution is 0.168. The fourth-order valence-corrected chi connectivity index (χ4v) is 2.81. The molecule has 0 saturated heterocycles. The lowest BCUT2D eigenvalue weighted by atomic mass is 9.94. The molecule has 2 atom stereocenters. The highest BCUT2D eigenvalue weighted by atomic mass is 35.5. The van der Waals surface area contributed by atoms with Gasteiger partial charge in [0.25, 0.3) is 0 Å². The second-order valence-corrected chi connectivity index (χ2v) is 5.11. The van der Waals surface area contributed by atoms with Gasteiger partial charge in [-0.05, 0) is 39.3 Å². The van der Waals surface area contributed by atoms with Gasteiger partial charge >= 0.3 is 0 Å². The summed E-state index contributed by atoms with van der Waals surface area (Å²) in [6.07, 6.45) is 7.48. The van der Waals surface area contributed by atoms with Gasteiger partial charge in [0.15, 0.2) is 0 Å². The quantitative estimate of drug-likeness (QED) is 0.517. The van der Waals surface area contributed by atoms with E-state index < -0.39 is 0 Å². The predicted octanol–water partition coefficient (Wildman–Crippen LogP) is 2.89. The van der Waals surface area contributed by atoms with Crippen LogP contribution in [0.3, 0.4) is 0 Å². The maximum atomic E-state index is 6.35. The van der Waals surface area contributed by atoms with Gasteiger partial charge in [-0.3, -0.25) is 0 Å². The first-order valence-corrected chi connectivity index (χ1v) is 6.52. The standard InChI is InChI=1S/C12H24ClNO/c1-14(9-5-6-10-15-2)12-8-4-3-7-11(12)13/h11-12H,3-10H2,1-2H3. The Morgan fingerprint density at radius 1 is 1.27 bits per heavy atom. The van der Waals surface area contributed by atoms with E-state index in [1.807, 2.05) is 0 Å². The summed E-state index contributed by atoms with van der Waals surface area (Å²) in [5.41, 5.74) is 0. The van der Waals surface area contributed by atoms with Gasteiger partial charge in [0.05, 0.1) is 0 Å². The van der Waals surface area contributed by atoms with Gasteiger partial charge in [0.2, 0.25) is 0 Å². The Labute approximate surface area is 98.9 Å². The van der Waals surface area contributed by atoms with Crippen molar-refractivity contribution in [2.24, 2.45) is 0 Å². The molecule has 0 aromatic heterocycles. The van der Waals surface area contributed by atoms with Crippen molar-refractivity contribution in [3.63, 3.8) is 0 Å². The minimum atomic E-state index is 0.367. The molecular weight excluding hydrogens is 210 g/mol. The van der Waals surface area contributed by atoms with Crippen molar-refractivity contribution in [3.05, 3.63) is 0 Å². The van der Waals surface area contributed by atoms with Crippen LogP contribution in [0.15, 0.2) is 0 Å². The smallest absolute Gasteiger partial charge is 0.0491 e. The third-order valence-corrected chi connectivity index (χ3v) is 3.83. The molecule has 0 heterocycles. The minimum Gasteiger partial charge on any atom is -0.385 e. The molecule has 2 unspecified atom stereocenters. The Bertz CT molecular complexity index is 166. The number of hydrogen-bond acceptors (Lipinski definition) is 2. The third-order valence-electron chi connectivity index (χ3n) is 3.32. The van der Waals surface area contributed by atoms with Gasteiger partial charge in [-0.15, -0.1) is 11.6 Å². The molecule has 15 heavy (non-hydrogen) atoms. The molecule has 0 spiro atoms. The van der Waals surface area contributed by atoms with E-state index in [1.165, 1.54) is 32.1 Å². The fraction of sp³-hybridized carbons (Fsp3) is 1.00. The van der Waals surface area contributed by atoms with Crippen LogP contribution in [0.4, 0.5) is 0 Å². The Kier molecular flexibility index (Phi) is 6.62. The van der Waals surface area contributed by atoms with Gasteiger partial charge in [-0.2, -0.15) is 0 Å². The highest BCUT2D eigenvalue weighted by Gasteiger charge is 2.25. The number of ether oxygens (including phenoxy) is 1. The van der Waals surface area contributed by atoms with Gasteiger partial charge < -0.3 is 9.64 Å². The van der Waals surface area contributed by atoms with Gasteiger partial charge in [0.1, 0.15) is 0 Å². The average molecular weight is 234 g/mol. The van der Waals surface area contributed by atoms with Crippen molar-refractivity contribution >= 4 is 11.6 Å². The number of rotatable bonds is 6. The zero-order valence-corrected chi connectivity index (χ0v) is 10.8. The van der Waals surface area contributed by atoms with E-state index in [0.717, 1.165) is 19.6 Å². The van der Waals surface area contributed by atoms with Crippen LogP contribution in [-0.4, -0.2) is 43.6 Å². The number of nitrogens with zero attached hydrogens (tertiary/aromatic N) is 1. The average Bonchev–Trinajstić information content (AvgIpc) is 2.25. The van der Waals surface area contributed by atoms with Gasteiger partial charge in [-0.25, -0.2) is 0 Å². The molecule has 0 N–H and O–H groups in total. The van der Waals surface area contributed by atoms with Crippen LogP contribution >= 0.6 is 11.6 Å². The molecular formula is C12H24ClNO. The Morgan fingerprint density at radius 3 is 2.67 bits per heavy atom. The molecule has 1 aliphatic carbocycles. The van der Waals surface area contributed by atoms with E-state index >= 15 is 0 Å². The Hall–Kier alpha value is 0.210. The van der Waals surface area contributed by atoms with Crippen molar-refractivity contribution in [2.45, 2.75) is 49.9 Å². The van der Waals surface area contributed by atoms with Crippen LogP contribution in [0.2, 0.25) is 0 Å². The van der Waals surface area contributed by atoms with Crippen molar-refractivity contribution in [1.82, 2.24) is 4.90 Å². The lowest BCUT2D eigenvalue weighted by Gasteiger charge is -2.34. The molecule has 90 valence electrons. The normalized spacial score (nSPS) is 27.2. The van der Waals surface area contributed by atoms with Crippen molar-refractivity contribution in [1.29, 1.82) is 0 Å². The van der Waals surface area contributed by atoms with Crippen LogP contribution in [-0.2, 0) is 4.74 Å². The summed E-state index contributed by atoms with van der Waals surface area (Å²) >= 11 is 6.35. The first kappa shape index (κ1) is 13.3. The van der Waals surface area contributed by atoms with Gasteiger partial charge in [-0.1, -0.05) is 12.8 Å².